The molecule has 2 aromatic rings. The third kappa shape index (κ3) is 5.64. The molecular weight excluding hydrogens is 430 g/mol. The van der Waals surface area contributed by atoms with Gasteiger partial charge in [-0.25, -0.2) is 4.79 Å². The minimum absolute atomic E-state index is 0.0301. The third-order valence-electron chi connectivity index (χ3n) is 5.54. The molecule has 9 nitrogen and oxygen atoms in total. The van der Waals surface area contributed by atoms with Crippen molar-refractivity contribution in [3.8, 4) is 0 Å². The van der Waals surface area contributed by atoms with E-state index in [1.165, 1.54) is 11.3 Å². The van der Waals surface area contributed by atoms with Gasteiger partial charge < -0.3 is 21.5 Å². The summed E-state index contributed by atoms with van der Waals surface area (Å²) in [5, 5.41) is 22.4. The molecule has 1 aromatic heterocycles. The topological polar surface area (TPSA) is 149 Å². The average Bonchev–Trinajstić information content (AvgIpc) is 3.27. The molecule has 0 radical (unpaired) electrons. The van der Waals surface area contributed by atoms with Crippen LogP contribution in [0.3, 0.4) is 0 Å². The van der Waals surface area contributed by atoms with Crippen molar-refractivity contribution in [3.63, 3.8) is 0 Å². The summed E-state index contributed by atoms with van der Waals surface area (Å²) in [6.07, 6.45) is -0.147. The second kappa shape index (κ2) is 10.3. The molecular formula is C22H27N5O4S. The maximum Gasteiger partial charge on any atom is 0.407 e. The van der Waals surface area contributed by atoms with Gasteiger partial charge in [0.25, 0.3) is 0 Å². The van der Waals surface area contributed by atoms with E-state index < -0.39 is 24.1 Å². The number of rotatable bonds is 7. The van der Waals surface area contributed by atoms with Gasteiger partial charge in [-0.3, -0.25) is 19.9 Å². The van der Waals surface area contributed by atoms with E-state index in [-0.39, 0.29) is 30.8 Å². The summed E-state index contributed by atoms with van der Waals surface area (Å²) in [5.74, 6) is -0.822. The zero-order valence-electron chi connectivity index (χ0n) is 17.7. The zero-order valence-corrected chi connectivity index (χ0v) is 18.5. The summed E-state index contributed by atoms with van der Waals surface area (Å²) in [6, 6.07) is 11.5. The molecule has 3 amide bonds. The third-order valence-corrected chi connectivity index (χ3v) is 6.66. The SMILES string of the molecule is C[C@H](NC(=O)[C@H]1C[C@@H](c2ccccc2)CCN1C(=O)O)C(=O)NCc1ccc(C(=N)N)s1. The molecule has 0 unspecified atom stereocenters. The molecule has 3 rings (SSSR count). The normalized spacial score (nSPS) is 19.1. The van der Waals surface area contributed by atoms with Gasteiger partial charge in [0.05, 0.1) is 11.4 Å². The highest BCUT2D eigenvalue weighted by Gasteiger charge is 2.37. The van der Waals surface area contributed by atoms with Gasteiger partial charge in [0, 0.05) is 11.4 Å². The molecule has 2 heterocycles. The molecule has 1 saturated heterocycles. The van der Waals surface area contributed by atoms with Gasteiger partial charge >= 0.3 is 6.09 Å². The van der Waals surface area contributed by atoms with E-state index in [2.05, 4.69) is 10.6 Å². The lowest BCUT2D eigenvalue weighted by Gasteiger charge is -2.37. The Balaban J connectivity index is 1.59. The molecule has 0 saturated carbocycles. The molecule has 0 bridgehead atoms. The summed E-state index contributed by atoms with van der Waals surface area (Å²) in [4.78, 5) is 39.7. The number of hydrogen-bond donors (Lipinski definition) is 5. The molecule has 10 heteroatoms. The van der Waals surface area contributed by atoms with E-state index in [1.54, 1.807) is 19.1 Å². The van der Waals surface area contributed by atoms with Crippen LogP contribution in [0.2, 0.25) is 0 Å². The number of nitrogens with two attached hydrogens (primary N) is 1. The first-order valence-electron chi connectivity index (χ1n) is 10.3. The van der Waals surface area contributed by atoms with Gasteiger partial charge in [-0.1, -0.05) is 30.3 Å². The Labute approximate surface area is 190 Å². The van der Waals surface area contributed by atoms with Crippen LogP contribution >= 0.6 is 11.3 Å². The lowest BCUT2D eigenvalue weighted by atomic mass is 9.85. The van der Waals surface area contributed by atoms with Crippen molar-refractivity contribution in [2.75, 3.05) is 6.54 Å². The molecule has 1 aliphatic heterocycles. The quantitative estimate of drug-likeness (QED) is 0.319. The molecule has 6 N–H and O–H groups in total. The van der Waals surface area contributed by atoms with Crippen LogP contribution in [0.5, 0.6) is 0 Å². The van der Waals surface area contributed by atoms with Crippen LogP contribution in [0.15, 0.2) is 42.5 Å². The van der Waals surface area contributed by atoms with Gasteiger partial charge in [0.2, 0.25) is 11.8 Å². The highest BCUT2D eigenvalue weighted by molar-refractivity contribution is 7.14. The minimum atomic E-state index is -1.15. The fraction of sp³-hybridized carbons (Fsp3) is 0.364. The standard InChI is InChI=1S/C22H27N5O4S/c1-13(20(28)25-12-16-7-8-18(32-16)19(23)24)26-21(29)17-11-15(9-10-27(17)22(30)31)14-5-3-2-4-6-14/h2-8,13,15,17H,9-12H2,1H3,(H3,23,24)(H,25,28)(H,26,29)(H,30,31)/t13-,15-,17+/m0/s1. The van der Waals surface area contributed by atoms with Gasteiger partial charge in [0.15, 0.2) is 0 Å². The minimum Gasteiger partial charge on any atom is -0.465 e. The van der Waals surface area contributed by atoms with E-state index in [0.29, 0.717) is 17.7 Å². The van der Waals surface area contributed by atoms with Crippen LogP contribution < -0.4 is 16.4 Å². The summed E-state index contributed by atoms with van der Waals surface area (Å²) in [6.45, 7) is 2.06. The zero-order chi connectivity index (χ0) is 23.3. The number of nitrogen functional groups attached to an aromatic ring is 1. The number of thiophene rings is 1. The Kier molecular flexibility index (Phi) is 7.47. The Hall–Kier alpha value is -3.40. The fourth-order valence-corrected chi connectivity index (χ4v) is 4.60. The first-order chi connectivity index (χ1) is 15.3. The van der Waals surface area contributed by atoms with Crippen molar-refractivity contribution in [2.45, 2.75) is 44.3 Å². The van der Waals surface area contributed by atoms with Crippen LogP contribution in [-0.2, 0) is 16.1 Å². The number of carbonyl (C=O) groups excluding carboxylic acids is 2. The summed E-state index contributed by atoms with van der Waals surface area (Å²) < 4.78 is 0. The monoisotopic (exact) mass is 457 g/mol. The summed E-state index contributed by atoms with van der Waals surface area (Å²) in [7, 11) is 0. The van der Waals surface area contributed by atoms with Gasteiger partial charge in [-0.2, -0.15) is 0 Å². The van der Waals surface area contributed by atoms with E-state index >= 15 is 0 Å². The number of carbonyl (C=O) groups is 3. The van der Waals surface area contributed by atoms with Crippen molar-refractivity contribution >= 4 is 35.1 Å². The van der Waals surface area contributed by atoms with Gasteiger partial charge in [-0.05, 0) is 43.4 Å². The van der Waals surface area contributed by atoms with Gasteiger partial charge in [-0.15, -0.1) is 11.3 Å². The fourth-order valence-electron chi connectivity index (χ4n) is 3.79. The summed E-state index contributed by atoms with van der Waals surface area (Å²) >= 11 is 1.31. The van der Waals surface area contributed by atoms with Crippen LogP contribution in [0.4, 0.5) is 4.79 Å². The second-order valence-corrected chi connectivity index (χ2v) is 8.92. The number of likely N-dealkylation sites (tertiary alicyclic amines) is 1. The Bertz CT molecular complexity index is 993. The van der Waals surface area contributed by atoms with Crippen LogP contribution in [0.25, 0.3) is 0 Å². The van der Waals surface area contributed by atoms with Crippen LogP contribution in [-0.4, -0.2) is 52.4 Å². The Morgan fingerprint density at radius 1 is 1.25 bits per heavy atom. The molecule has 170 valence electrons. The van der Waals surface area contributed by atoms with Crippen molar-refractivity contribution in [1.29, 1.82) is 5.41 Å². The van der Waals surface area contributed by atoms with Crippen molar-refractivity contribution in [2.24, 2.45) is 5.73 Å². The molecule has 1 aromatic carbocycles. The predicted molar refractivity (Wildman–Crippen MR) is 122 cm³/mol. The number of piperidine rings is 1. The Morgan fingerprint density at radius 3 is 2.59 bits per heavy atom. The number of nitrogens with one attached hydrogen (secondary N) is 3. The number of carboxylic acid groups (broad SMARTS) is 1. The second-order valence-electron chi connectivity index (χ2n) is 7.75. The van der Waals surface area contributed by atoms with E-state index in [4.69, 9.17) is 11.1 Å². The van der Waals surface area contributed by atoms with Gasteiger partial charge in [0.1, 0.15) is 17.9 Å². The van der Waals surface area contributed by atoms with Crippen molar-refractivity contribution in [3.05, 3.63) is 57.8 Å². The lowest BCUT2D eigenvalue weighted by Crippen LogP contribution is -2.56. The van der Waals surface area contributed by atoms with Crippen molar-refractivity contribution < 1.29 is 19.5 Å². The number of hydrogen-bond acceptors (Lipinski definition) is 5. The maximum atomic E-state index is 12.9. The molecule has 3 atom stereocenters. The smallest absolute Gasteiger partial charge is 0.407 e. The molecule has 1 aliphatic rings. The number of amides is 3. The van der Waals surface area contributed by atoms with E-state index in [9.17, 15) is 19.5 Å². The van der Waals surface area contributed by atoms with Crippen LogP contribution in [0.1, 0.15) is 41.0 Å². The average molecular weight is 458 g/mol. The Morgan fingerprint density at radius 2 is 1.97 bits per heavy atom. The van der Waals surface area contributed by atoms with E-state index in [0.717, 1.165) is 15.3 Å². The maximum absolute atomic E-state index is 12.9. The largest absolute Gasteiger partial charge is 0.465 e. The highest BCUT2D eigenvalue weighted by atomic mass is 32.1. The molecule has 1 fully saturated rings. The first kappa shape index (κ1) is 23.3. The van der Waals surface area contributed by atoms with E-state index in [1.807, 2.05) is 30.3 Å². The van der Waals surface area contributed by atoms with Crippen molar-refractivity contribution in [1.82, 2.24) is 15.5 Å². The number of benzene rings is 1. The molecule has 0 aliphatic carbocycles. The molecule has 0 spiro atoms. The first-order valence-corrected chi connectivity index (χ1v) is 11.1. The number of nitrogens with zero attached hydrogens (tertiary/aromatic N) is 1. The van der Waals surface area contributed by atoms with Crippen LogP contribution in [0, 0.1) is 5.41 Å². The summed E-state index contributed by atoms with van der Waals surface area (Å²) in [5.41, 5.74) is 6.52. The lowest BCUT2D eigenvalue weighted by molar-refractivity contribution is -0.132. The highest BCUT2D eigenvalue weighted by Crippen LogP contribution is 2.31. The number of amidine groups is 1. The predicted octanol–water partition coefficient (Wildman–Crippen LogP) is 2.08. The molecule has 32 heavy (non-hydrogen) atoms.